The summed E-state index contributed by atoms with van der Waals surface area (Å²) in [7, 11) is 1.62. The maximum absolute atomic E-state index is 13.4. The first-order chi connectivity index (χ1) is 16.6. The van der Waals surface area contributed by atoms with Crippen molar-refractivity contribution in [1.29, 1.82) is 0 Å². The smallest absolute Gasteiger partial charge is 0.338 e. The fourth-order valence-corrected chi connectivity index (χ4v) is 4.67. The molecule has 9 nitrogen and oxygen atoms in total. The number of ether oxygens (including phenoxy) is 3. The maximum atomic E-state index is 13.4. The average molecular weight is 470 g/mol. The second kappa shape index (κ2) is 11.4. The van der Waals surface area contributed by atoms with Crippen molar-refractivity contribution in [1.82, 2.24) is 20.2 Å². The maximum Gasteiger partial charge on any atom is 0.338 e. The van der Waals surface area contributed by atoms with Crippen LogP contribution < -0.4 is 14.8 Å². The van der Waals surface area contributed by atoms with Crippen LogP contribution in [0.1, 0.15) is 83.2 Å². The molecule has 1 aromatic heterocycles. The number of rotatable bonds is 10. The Balaban J connectivity index is 1.60. The fraction of sp³-hybridized carbons (Fsp3) is 0.600. The highest BCUT2D eigenvalue weighted by Crippen LogP contribution is 2.39. The van der Waals surface area contributed by atoms with Crippen LogP contribution >= 0.6 is 0 Å². The number of methoxy groups -OCH3 is 1. The van der Waals surface area contributed by atoms with Crippen molar-refractivity contribution in [2.75, 3.05) is 19.0 Å². The number of fused-ring (bicyclic) bond motifs is 1. The predicted molar refractivity (Wildman–Crippen MR) is 128 cm³/mol. The summed E-state index contributed by atoms with van der Waals surface area (Å²) in [4.78, 5) is 13.4. The van der Waals surface area contributed by atoms with E-state index in [2.05, 4.69) is 27.8 Å². The molecule has 0 radical (unpaired) electrons. The number of carbonyl (C=O) groups is 1. The number of allylic oxidation sites excluding steroid dienone is 1. The van der Waals surface area contributed by atoms with Gasteiger partial charge in [0.05, 0.1) is 19.3 Å². The molecule has 2 aromatic rings. The van der Waals surface area contributed by atoms with Crippen molar-refractivity contribution in [3.63, 3.8) is 0 Å². The largest absolute Gasteiger partial charge is 0.493 e. The highest BCUT2D eigenvalue weighted by atomic mass is 16.5. The Bertz CT molecular complexity index is 1010. The molecule has 9 heteroatoms. The zero-order chi connectivity index (χ0) is 23.9. The lowest BCUT2D eigenvalue weighted by Gasteiger charge is -2.29. The van der Waals surface area contributed by atoms with E-state index in [4.69, 9.17) is 14.2 Å². The quantitative estimate of drug-likeness (QED) is 0.391. The van der Waals surface area contributed by atoms with Gasteiger partial charge in [0.1, 0.15) is 12.1 Å². The summed E-state index contributed by atoms with van der Waals surface area (Å²) in [5, 5.41) is 15.2. The third kappa shape index (κ3) is 5.34. The van der Waals surface area contributed by atoms with Gasteiger partial charge >= 0.3 is 5.97 Å². The van der Waals surface area contributed by atoms with E-state index in [0.717, 1.165) is 44.1 Å². The first kappa shape index (κ1) is 24.0. The molecule has 1 unspecified atom stereocenters. The molecule has 1 saturated carbocycles. The Morgan fingerprint density at radius 3 is 2.74 bits per heavy atom. The Kier molecular flexibility index (Phi) is 8.03. The van der Waals surface area contributed by atoms with E-state index >= 15 is 0 Å². The second-order valence-electron chi connectivity index (χ2n) is 9.00. The number of benzene rings is 1. The Morgan fingerprint density at radius 2 is 1.97 bits per heavy atom. The molecule has 0 spiro atoms. The lowest BCUT2D eigenvalue weighted by molar-refractivity contribution is -0.146. The Labute approximate surface area is 200 Å². The lowest BCUT2D eigenvalue weighted by Crippen LogP contribution is -2.32. The van der Waals surface area contributed by atoms with Crippen LogP contribution in [0.25, 0.3) is 0 Å². The summed E-state index contributed by atoms with van der Waals surface area (Å²) in [6.07, 6.45) is 9.68. The van der Waals surface area contributed by atoms with Gasteiger partial charge in [-0.3, -0.25) is 0 Å². The topological polar surface area (TPSA) is 100 Å². The Hall–Kier alpha value is -3.10. The standard InChI is InChI=1S/C25H35N5O4/c1-4-5-6-10-15-33-20-14-13-18(16-21(20)32-3)23-22(17(2)26-25-27-28-29-30(23)25)24(31)34-19-11-8-7-9-12-19/h13-14,16,19,23H,4-12,15H2,1-3H3,(H,26,27,29). The minimum atomic E-state index is -0.533. The van der Waals surface area contributed by atoms with E-state index in [9.17, 15) is 4.79 Å². The number of anilines is 1. The minimum Gasteiger partial charge on any atom is -0.493 e. The van der Waals surface area contributed by atoms with E-state index in [1.165, 1.54) is 19.3 Å². The molecular formula is C25H35N5O4. The summed E-state index contributed by atoms with van der Waals surface area (Å²) < 4.78 is 19.2. The Morgan fingerprint density at radius 1 is 1.15 bits per heavy atom. The number of unbranched alkanes of at least 4 members (excludes halogenated alkanes) is 3. The van der Waals surface area contributed by atoms with Gasteiger partial charge < -0.3 is 19.5 Å². The van der Waals surface area contributed by atoms with Gasteiger partial charge in [-0.2, -0.15) is 4.68 Å². The monoisotopic (exact) mass is 469 g/mol. The van der Waals surface area contributed by atoms with Gasteiger partial charge in [0.25, 0.3) is 0 Å². The average Bonchev–Trinajstić information content (AvgIpc) is 3.31. The molecule has 184 valence electrons. The number of hydrogen-bond donors (Lipinski definition) is 1. The van der Waals surface area contributed by atoms with Crippen LogP contribution in [0.4, 0.5) is 5.95 Å². The van der Waals surface area contributed by atoms with E-state index < -0.39 is 6.04 Å². The van der Waals surface area contributed by atoms with Gasteiger partial charge in [-0.05, 0) is 67.2 Å². The van der Waals surface area contributed by atoms with E-state index in [1.807, 2.05) is 25.1 Å². The van der Waals surface area contributed by atoms with Gasteiger partial charge in [-0.1, -0.05) is 43.8 Å². The molecule has 1 atom stereocenters. The molecule has 2 aliphatic rings. The van der Waals surface area contributed by atoms with E-state index in [0.29, 0.717) is 35.3 Å². The summed E-state index contributed by atoms with van der Waals surface area (Å²) in [6.45, 7) is 4.68. The van der Waals surface area contributed by atoms with Crippen molar-refractivity contribution < 1.29 is 19.0 Å². The van der Waals surface area contributed by atoms with Gasteiger partial charge in [0.15, 0.2) is 11.5 Å². The molecular weight excluding hydrogens is 434 g/mol. The first-order valence-corrected chi connectivity index (χ1v) is 12.4. The molecule has 1 fully saturated rings. The summed E-state index contributed by atoms with van der Waals surface area (Å²) >= 11 is 0. The molecule has 1 aromatic carbocycles. The number of esters is 1. The minimum absolute atomic E-state index is 0.0458. The van der Waals surface area contributed by atoms with Crippen LogP contribution in [0, 0.1) is 0 Å². The van der Waals surface area contributed by atoms with Gasteiger partial charge in [-0.25, -0.2) is 4.79 Å². The molecule has 4 rings (SSSR count). The predicted octanol–water partition coefficient (Wildman–Crippen LogP) is 4.81. The first-order valence-electron chi connectivity index (χ1n) is 12.4. The number of tetrazole rings is 1. The van der Waals surface area contributed by atoms with E-state index in [1.54, 1.807) is 11.8 Å². The summed E-state index contributed by atoms with van der Waals surface area (Å²) in [5.41, 5.74) is 2.00. The SMILES string of the molecule is CCCCCCOc1ccc(C2C(C(=O)OC3CCCCC3)=C(C)Nc3nnnn32)cc1OC. The molecule has 0 amide bonds. The number of carbonyl (C=O) groups excluding carboxylic acids is 1. The molecule has 0 saturated heterocycles. The van der Waals surface area contributed by atoms with Gasteiger partial charge in [0, 0.05) is 5.70 Å². The lowest BCUT2D eigenvalue weighted by atomic mass is 9.94. The highest BCUT2D eigenvalue weighted by Gasteiger charge is 2.36. The van der Waals surface area contributed by atoms with Crippen LogP contribution in [0.2, 0.25) is 0 Å². The highest BCUT2D eigenvalue weighted by molar-refractivity contribution is 5.92. The molecule has 2 heterocycles. The van der Waals surface area contributed by atoms with Crippen molar-refractivity contribution in [2.24, 2.45) is 0 Å². The number of nitrogens with one attached hydrogen (secondary N) is 1. The van der Waals surface area contributed by atoms with E-state index in [-0.39, 0.29) is 12.1 Å². The van der Waals surface area contributed by atoms with Crippen molar-refractivity contribution in [3.05, 3.63) is 35.0 Å². The number of nitrogens with zero attached hydrogens (tertiary/aromatic N) is 4. The van der Waals surface area contributed by atoms with Gasteiger partial charge in [-0.15, -0.1) is 0 Å². The zero-order valence-electron chi connectivity index (χ0n) is 20.4. The molecule has 0 bridgehead atoms. The van der Waals surface area contributed by atoms with Crippen molar-refractivity contribution >= 4 is 11.9 Å². The number of aromatic nitrogens is 4. The molecule has 1 N–H and O–H groups in total. The third-order valence-electron chi connectivity index (χ3n) is 6.52. The summed E-state index contributed by atoms with van der Waals surface area (Å²) in [6, 6.07) is 5.19. The van der Waals surface area contributed by atoms with Crippen molar-refractivity contribution in [3.8, 4) is 11.5 Å². The number of hydrogen-bond acceptors (Lipinski definition) is 8. The van der Waals surface area contributed by atoms with Crippen LogP contribution in [0.15, 0.2) is 29.5 Å². The van der Waals surface area contributed by atoms with Crippen molar-refractivity contribution in [2.45, 2.75) is 83.8 Å². The molecule has 34 heavy (non-hydrogen) atoms. The normalized spacial score (nSPS) is 18.3. The van der Waals surface area contributed by atoms with Crippen LogP contribution in [0.5, 0.6) is 11.5 Å². The fourth-order valence-electron chi connectivity index (χ4n) is 4.67. The summed E-state index contributed by atoms with van der Waals surface area (Å²) in [5.74, 6) is 1.43. The molecule has 1 aliphatic carbocycles. The third-order valence-corrected chi connectivity index (χ3v) is 6.52. The second-order valence-corrected chi connectivity index (χ2v) is 9.00. The van der Waals surface area contributed by atoms with Crippen LogP contribution in [-0.2, 0) is 9.53 Å². The zero-order valence-corrected chi connectivity index (χ0v) is 20.4. The molecule has 1 aliphatic heterocycles. The van der Waals surface area contributed by atoms with Crippen LogP contribution in [-0.4, -0.2) is 46.0 Å². The van der Waals surface area contributed by atoms with Gasteiger partial charge in [0.2, 0.25) is 5.95 Å². The van der Waals surface area contributed by atoms with Crippen LogP contribution in [0.3, 0.4) is 0 Å².